The van der Waals surface area contributed by atoms with E-state index >= 15 is 4.39 Å². The molecule has 214 valence electrons. The van der Waals surface area contributed by atoms with Crippen LogP contribution in [0, 0.1) is 11.6 Å². The molecule has 9 heteroatoms. The third-order valence-electron chi connectivity index (χ3n) is 8.47. The van der Waals surface area contributed by atoms with Gasteiger partial charge in [0.05, 0.1) is 22.5 Å². The number of rotatable bonds is 7. The fraction of sp³-hybridized carbons (Fsp3) is 0.375. The number of carbonyl (C=O) groups is 2. The minimum atomic E-state index is -0.490. The zero-order valence-electron chi connectivity index (χ0n) is 23.3. The number of carbonyl (C=O) groups excluding carboxylic acids is 2. The molecule has 6 rings (SSSR count). The largest absolute Gasteiger partial charge is 0.379 e. The fourth-order valence-corrected chi connectivity index (χ4v) is 6.10. The number of hydrogen-bond donors (Lipinski definition) is 2. The molecule has 1 aromatic heterocycles. The number of nitrogens with one attached hydrogen (secondary N) is 2. The molecule has 0 radical (unpaired) electrons. The number of piperidine rings is 1. The molecule has 0 atom stereocenters. The van der Waals surface area contributed by atoms with Crippen LogP contribution in [0.3, 0.4) is 0 Å². The minimum Gasteiger partial charge on any atom is -0.379 e. The first-order valence-electron chi connectivity index (χ1n) is 14.4. The molecule has 1 fully saturated rings. The van der Waals surface area contributed by atoms with Gasteiger partial charge in [-0.05, 0) is 80.7 Å². The standard InChI is InChI=1S/C32H35F2N5O2/c1-37-23(17-26-30(37)6-5-13-39(32(26)41)15-14-38-11-3-2-4-12-38)16-25-24-18-27(34)29(19-28(24)36-31(25)40)35-20-21-7-9-22(33)10-8-21/h7-10,16-19,35H,2-6,11-15,20H2,1H3,(H,36,40)/b25-16-. The van der Waals surface area contributed by atoms with Crippen LogP contribution < -0.4 is 10.6 Å². The summed E-state index contributed by atoms with van der Waals surface area (Å²) in [5, 5.41) is 5.87. The van der Waals surface area contributed by atoms with Crippen molar-refractivity contribution in [3.8, 4) is 0 Å². The molecule has 0 spiro atoms. The topological polar surface area (TPSA) is 69.6 Å². The van der Waals surface area contributed by atoms with Crippen LogP contribution in [0.25, 0.3) is 11.6 Å². The van der Waals surface area contributed by atoms with Crippen LogP contribution >= 0.6 is 0 Å². The van der Waals surface area contributed by atoms with Crippen LogP contribution in [-0.2, 0) is 24.8 Å². The summed E-state index contributed by atoms with van der Waals surface area (Å²) in [6.45, 7) is 4.87. The van der Waals surface area contributed by atoms with Crippen LogP contribution in [0.1, 0.15) is 58.6 Å². The normalized spacial score (nSPS) is 18.3. The summed E-state index contributed by atoms with van der Waals surface area (Å²) in [5.41, 5.74) is 4.78. The number of anilines is 2. The summed E-state index contributed by atoms with van der Waals surface area (Å²) < 4.78 is 30.3. The lowest BCUT2D eigenvalue weighted by atomic mass is 10.0. The highest BCUT2D eigenvalue weighted by molar-refractivity contribution is 6.35. The predicted octanol–water partition coefficient (Wildman–Crippen LogP) is 5.28. The summed E-state index contributed by atoms with van der Waals surface area (Å²) in [6.07, 6.45) is 7.14. The van der Waals surface area contributed by atoms with Gasteiger partial charge in [0.25, 0.3) is 11.8 Å². The molecule has 0 unspecified atom stereocenters. The van der Waals surface area contributed by atoms with Crippen LogP contribution in [0.5, 0.6) is 0 Å². The number of halogens is 2. The fourth-order valence-electron chi connectivity index (χ4n) is 6.10. The number of hydrogen-bond acceptors (Lipinski definition) is 4. The molecule has 3 aliphatic heterocycles. The maximum atomic E-state index is 15.1. The number of benzene rings is 2. The van der Waals surface area contributed by atoms with E-state index in [0.29, 0.717) is 28.9 Å². The van der Waals surface area contributed by atoms with Crippen molar-refractivity contribution in [1.82, 2.24) is 14.4 Å². The second kappa shape index (κ2) is 11.5. The van der Waals surface area contributed by atoms with Gasteiger partial charge in [0.15, 0.2) is 0 Å². The SMILES string of the molecule is Cn1c(/C=C2\C(=O)Nc3cc(NCc4ccc(F)cc4)c(F)cc32)cc2c1CCCN(CCN1CCCCC1)C2=O. The second-order valence-corrected chi connectivity index (χ2v) is 11.2. The Kier molecular flexibility index (Phi) is 7.62. The van der Waals surface area contributed by atoms with Crippen LogP contribution in [0.4, 0.5) is 20.2 Å². The first-order valence-corrected chi connectivity index (χ1v) is 14.4. The molecule has 2 amide bonds. The highest BCUT2D eigenvalue weighted by Crippen LogP contribution is 2.37. The van der Waals surface area contributed by atoms with Crippen molar-refractivity contribution >= 4 is 34.8 Å². The van der Waals surface area contributed by atoms with Gasteiger partial charge < -0.3 is 25.0 Å². The number of amides is 2. The third-order valence-corrected chi connectivity index (χ3v) is 8.47. The van der Waals surface area contributed by atoms with Crippen molar-refractivity contribution in [3.63, 3.8) is 0 Å². The van der Waals surface area contributed by atoms with Crippen molar-refractivity contribution in [2.45, 2.75) is 38.6 Å². The lowest BCUT2D eigenvalue weighted by Gasteiger charge is -2.29. The molecular weight excluding hydrogens is 524 g/mol. The smallest absolute Gasteiger partial charge is 0.256 e. The van der Waals surface area contributed by atoms with Gasteiger partial charge in [-0.15, -0.1) is 0 Å². The molecule has 2 aromatic carbocycles. The third kappa shape index (κ3) is 5.63. The molecule has 2 N–H and O–H groups in total. The Morgan fingerprint density at radius 2 is 1.71 bits per heavy atom. The lowest BCUT2D eigenvalue weighted by Crippen LogP contribution is -2.40. The molecule has 4 heterocycles. The van der Waals surface area contributed by atoms with Crippen molar-refractivity contribution in [2.24, 2.45) is 7.05 Å². The Labute approximate surface area is 238 Å². The Balaban J connectivity index is 1.21. The summed E-state index contributed by atoms with van der Waals surface area (Å²) in [5.74, 6) is -1.10. The van der Waals surface area contributed by atoms with Gasteiger partial charge in [0.1, 0.15) is 11.6 Å². The summed E-state index contributed by atoms with van der Waals surface area (Å²) in [7, 11) is 1.92. The van der Waals surface area contributed by atoms with Gasteiger partial charge in [-0.2, -0.15) is 0 Å². The van der Waals surface area contributed by atoms with E-state index in [-0.39, 0.29) is 23.3 Å². The van der Waals surface area contributed by atoms with Gasteiger partial charge in [0.2, 0.25) is 0 Å². The van der Waals surface area contributed by atoms with Gasteiger partial charge in [-0.3, -0.25) is 9.59 Å². The number of likely N-dealkylation sites (tertiary alicyclic amines) is 1. The molecule has 0 aliphatic carbocycles. The molecular formula is C32H35F2N5O2. The Bertz CT molecular complexity index is 1510. The van der Waals surface area contributed by atoms with Crippen LogP contribution in [0.15, 0.2) is 42.5 Å². The average molecular weight is 560 g/mol. The number of nitrogens with zero attached hydrogens (tertiary/aromatic N) is 3. The van der Waals surface area contributed by atoms with Gasteiger partial charge in [0, 0.05) is 50.2 Å². The van der Waals surface area contributed by atoms with E-state index in [2.05, 4.69) is 15.5 Å². The van der Waals surface area contributed by atoms with E-state index in [1.54, 1.807) is 24.3 Å². The quantitative estimate of drug-likeness (QED) is 0.387. The van der Waals surface area contributed by atoms with Crippen LogP contribution in [0.2, 0.25) is 0 Å². The maximum absolute atomic E-state index is 15.1. The van der Waals surface area contributed by atoms with Gasteiger partial charge >= 0.3 is 0 Å². The molecule has 3 aliphatic rings. The van der Waals surface area contributed by atoms with Crippen molar-refractivity contribution in [3.05, 3.63) is 82.2 Å². The Hall–Kier alpha value is -3.98. The van der Waals surface area contributed by atoms with E-state index in [9.17, 15) is 14.0 Å². The van der Waals surface area contributed by atoms with E-state index in [1.165, 1.54) is 37.5 Å². The molecule has 41 heavy (non-hydrogen) atoms. The van der Waals surface area contributed by atoms with E-state index in [1.807, 2.05) is 22.6 Å². The van der Waals surface area contributed by atoms with E-state index in [0.717, 1.165) is 62.5 Å². The first kappa shape index (κ1) is 27.2. The number of fused-ring (bicyclic) bond motifs is 2. The Morgan fingerprint density at radius 3 is 2.49 bits per heavy atom. The molecule has 1 saturated heterocycles. The monoisotopic (exact) mass is 559 g/mol. The summed E-state index contributed by atoms with van der Waals surface area (Å²) >= 11 is 0. The maximum Gasteiger partial charge on any atom is 0.256 e. The minimum absolute atomic E-state index is 0.0361. The summed E-state index contributed by atoms with van der Waals surface area (Å²) in [4.78, 5) is 31.0. The molecule has 3 aromatic rings. The lowest BCUT2D eigenvalue weighted by molar-refractivity contribution is -0.110. The van der Waals surface area contributed by atoms with Crippen molar-refractivity contribution < 1.29 is 18.4 Å². The van der Waals surface area contributed by atoms with E-state index < -0.39 is 5.82 Å². The summed E-state index contributed by atoms with van der Waals surface area (Å²) in [6, 6.07) is 10.8. The molecule has 0 saturated carbocycles. The van der Waals surface area contributed by atoms with Crippen molar-refractivity contribution in [2.75, 3.05) is 43.4 Å². The molecule has 7 nitrogen and oxygen atoms in total. The molecule has 0 bridgehead atoms. The van der Waals surface area contributed by atoms with E-state index in [4.69, 9.17) is 0 Å². The Morgan fingerprint density at radius 1 is 0.927 bits per heavy atom. The predicted molar refractivity (Wildman–Crippen MR) is 157 cm³/mol. The second-order valence-electron chi connectivity index (χ2n) is 11.2. The highest BCUT2D eigenvalue weighted by Gasteiger charge is 2.29. The van der Waals surface area contributed by atoms with Gasteiger partial charge in [-0.25, -0.2) is 8.78 Å². The van der Waals surface area contributed by atoms with Gasteiger partial charge in [-0.1, -0.05) is 18.6 Å². The van der Waals surface area contributed by atoms with Crippen LogP contribution in [-0.4, -0.2) is 58.9 Å². The zero-order valence-corrected chi connectivity index (χ0v) is 23.3. The average Bonchev–Trinajstić information content (AvgIpc) is 3.38. The first-order chi connectivity index (χ1) is 19.9. The zero-order chi connectivity index (χ0) is 28.5. The van der Waals surface area contributed by atoms with Crippen molar-refractivity contribution in [1.29, 1.82) is 0 Å². The highest BCUT2D eigenvalue weighted by atomic mass is 19.1. The number of aromatic nitrogens is 1.